The Morgan fingerprint density at radius 3 is 2.54 bits per heavy atom. The van der Waals surface area contributed by atoms with Gasteiger partial charge in [-0.25, -0.2) is 9.78 Å². The normalized spacial score (nSPS) is 24.6. The van der Waals surface area contributed by atoms with Gasteiger partial charge in [0.05, 0.1) is 6.04 Å². The molecule has 1 N–H and O–H groups in total. The molecule has 3 fully saturated rings. The molecule has 2 saturated heterocycles. The molecule has 4 rings (SSSR count). The molecule has 7 nitrogen and oxygen atoms in total. The number of carbonyl (C=O) groups excluding carboxylic acids is 2. The van der Waals surface area contributed by atoms with Gasteiger partial charge in [-0.1, -0.05) is 6.42 Å². The summed E-state index contributed by atoms with van der Waals surface area (Å²) in [5, 5.41) is 3.42. The molecule has 1 amide bonds. The zero-order chi connectivity index (χ0) is 19.5. The lowest BCUT2D eigenvalue weighted by molar-refractivity contribution is 0.00447. The lowest BCUT2D eigenvalue weighted by Crippen LogP contribution is -2.62. The number of carbonyl (C=O) groups is 2. The van der Waals surface area contributed by atoms with Crippen molar-refractivity contribution in [2.75, 3.05) is 32.7 Å². The Bertz CT molecular complexity index is 698. The third-order valence-electron chi connectivity index (χ3n) is 6.54. The molecule has 28 heavy (non-hydrogen) atoms. The van der Waals surface area contributed by atoms with Crippen LogP contribution in [0.25, 0.3) is 0 Å². The first-order valence-corrected chi connectivity index (χ1v) is 10.5. The van der Waals surface area contributed by atoms with Gasteiger partial charge in [0.25, 0.3) is 0 Å². The molecule has 152 valence electrons. The van der Waals surface area contributed by atoms with Crippen LogP contribution in [0, 0.1) is 5.92 Å². The summed E-state index contributed by atoms with van der Waals surface area (Å²) in [5.41, 5.74) is 0.515. The van der Waals surface area contributed by atoms with Crippen molar-refractivity contribution in [3.8, 4) is 5.88 Å². The molecular weight excluding hydrogens is 356 g/mol. The number of rotatable bonds is 4. The van der Waals surface area contributed by atoms with Gasteiger partial charge >= 0.3 is 6.09 Å². The van der Waals surface area contributed by atoms with Gasteiger partial charge in [0.1, 0.15) is 0 Å². The third-order valence-corrected chi connectivity index (χ3v) is 6.54. The highest BCUT2D eigenvalue weighted by atomic mass is 16.6. The number of hydrogen-bond acceptors (Lipinski definition) is 6. The van der Waals surface area contributed by atoms with E-state index >= 15 is 0 Å². The number of nitrogens with zero attached hydrogens (tertiary/aromatic N) is 3. The molecule has 7 heteroatoms. The average molecular weight is 386 g/mol. The van der Waals surface area contributed by atoms with E-state index in [4.69, 9.17) is 4.74 Å². The number of piperidine rings is 1. The number of aromatic nitrogens is 1. The van der Waals surface area contributed by atoms with E-state index in [0.717, 1.165) is 39.0 Å². The summed E-state index contributed by atoms with van der Waals surface area (Å²) < 4.78 is 5.58. The van der Waals surface area contributed by atoms with E-state index in [1.54, 1.807) is 12.1 Å². The number of amides is 1. The molecule has 2 aliphatic heterocycles. The topological polar surface area (TPSA) is 74.8 Å². The predicted octanol–water partition coefficient (Wildman–Crippen LogP) is 2.32. The Labute approximate surface area is 166 Å². The second-order valence-electron chi connectivity index (χ2n) is 8.24. The average Bonchev–Trinajstić information content (AvgIpc) is 2.67. The Hall–Kier alpha value is -1.99. The molecule has 1 aromatic heterocycles. The van der Waals surface area contributed by atoms with Gasteiger partial charge in [-0.15, -0.1) is 0 Å². The van der Waals surface area contributed by atoms with Gasteiger partial charge in [-0.2, -0.15) is 0 Å². The van der Waals surface area contributed by atoms with Crippen LogP contribution in [-0.4, -0.2) is 71.5 Å². The quantitative estimate of drug-likeness (QED) is 0.801. The molecule has 0 bridgehead atoms. The molecule has 1 unspecified atom stereocenters. The van der Waals surface area contributed by atoms with Crippen LogP contribution in [0.1, 0.15) is 49.4 Å². The van der Waals surface area contributed by atoms with Crippen LogP contribution in [0.15, 0.2) is 18.3 Å². The van der Waals surface area contributed by atoms with Crippen LogP contribution in [0.5, 0.6) is 5.88 Å². The molecule has 0 radical (unpaired) electrons. The molecule has 3 heterocycles. The maximum atomic E-state index is 13.0. The molecule has 3 aliphatic rings. The van der Waals surface area contributed by atoms with Gasteiger partial charge in [0, 0.05) is 43.5 Å². The summed E-state index contributed by atoms with van der Waals surface area (Å²) in [6, 6.07) is 4.14. The zero-order valence-corrected chi connectivity index (χ0v) is 16.6. The molecule has 1 atom stereocenters. The van der Waals surface area contributed by atoms with E-state index in [-0.39, 0.29) is 23.8 Å². The Kier molecular flexibility index (Phi) is 5.92. The molecule has 0 spiro atoms. The van der Waals surface area contributed by atoms with Crippen LogP contribution in [0.2, 0.25) is 0 Å². The van der Waals surface area contributed by atoms with Crippen molar-refractivity contribution in [2.24, 2.45) is 5.92 Å². The molecule has 1 saturated carbocycles. The van der Waals surface area contributed by atoms with Crippen LogP contribution in [-0.2, 0) is 0 Å². The van der Waals surface area contributed by atoms with Crippen LogP contribution in [0.4, 0.5) is 4.79 Å². The van der Waals surface area contributed by atoms with Crippen molar-refractivity contribution in [1.29, 1.82) is 0 Å². The second kappa shape index (κ2) is 8.57. The summed E-state index contributed by atoms with van der Waals surface area (Å²) in [6.45, 7) is 6.09. The smallest absolute Gasteiger partial charge is 0.391 e. The first-order chi connectivity index (χ1) is 13.6. The first kappa shape index (κ1) is 19.3. The monoisotopic (exact) mass is 386 g/mol. The van der Waals surface area contributed by atoms with Crippen molar-refractivity contribution in [3.63, 3.8) is 0 Å². The number of ketones is 1. The van der Waals surface area contributed by atoms with Gasteiger partial charge in [0.2, 0.25) is 5.88 Å². The van der Waals surface area contributed by atoms with E-state index in [1.165, 1.54) is 32.4 Å². The summed E-state index contributed by atoms with van der Waals surface area (Å²) in [7, 11) is 0. The molecule has 1 aromatic rings. The van der Waals surface area contributed by atoms with E-state index in [1.807, 2.05) is 4.90 Å². The van der Waals surface area contributed by atoms with Crippen molar-refractivity contribution in [1.82, 2.24) is 20.1 Å². The number of nitrogens with one attached hydrogen (secondary N) is 1. The van der Waals surface area contributed by atoms with Gasteiger partial charge in [-0.05, 0) is 57.7 Å². The van der Waals surface area contributed by atoms with E-state index < -0.39 is 0 Å². The Morgan fingerprint density at radius 1 is 1.14 bits per heavy atom. The molecular formula is C21H30N4O3. The fourth-order valence-corrected chi connectivity index (χ4v) is 4.57. The Balaban J connectivity index is 1.45. The maximum Gasteiger partial charge on any atom is 0.416 e. The zero-order valence-electron chi connectivity index (χ0n) is 16.6. The summed E-state index contributed by atoms with van der Waals surface area (Å²) in [6.07, 6.45) is 7.24. The fourth-order valence-electron chi connectivity index (χ4n) is 4.57. The van der Waals surface area contributed by atoms with E-state index in [0.29, 0.717) is 24.1 Å². The molecule has 1 aliphatic carbocycles. The highest BCUT2D eigenvalue weighted by molar-refractivity contribution is 5.93. The van der Waals surface area contributed by atoms with E-state index in [9.17, 15) is 9.59 Å². The summed E-state index contributed by atoms with van der Waals surface area (Å²) in [5.74, 6) is 0.702. The second-order valence-corrected chi connectivity index (χ2v) is 8.24. The number of Topliss-reactive ketones (excluding diaryl/α,β-unsaturated/α-hetero) is 1. The minimum atomic E-state index is -0.320. The summed E-state index contributed by atoms with van der Waals surface area (Å²) >= 11 is 0. The number of hydrogen-bond donors (Lipinski definition) is 1. The van der Waals surface area contributed by atoms with Crippen molar-refractivity contribution in [2.45, 2.75) is 51.1 Å². The Morgan fingerprint density at radius 2 is 1.93 bits per heavy atom. The van der Waals surface area contributed by atoms with Crippen LogP contribution in [0.3, 0.4) is 0 Å². The van der Waals surface area contributed by atoms with Crippen molar-refractivity contribution < 1.29 is 14.3 Å². The maximum absolute atomic E-state index is 13.0. The fraction of sp³-hybridized carbons (Fsp3) is 0.667. The van der Waals surface area contributed by atoms with Crippen LogP contribution < -0.4 is 10.1 Å². The van der Waals surface area contributed by atoms with Crippen LogP contribution >= 0.6 is 0 Å². The SMILES string of the molecule is CC(=O)c1ccc(OC(=O)N2CCN(C3CCC3)CC2C2CCNCC2)nc1. The first-order valence-electron chi connectivity index (χ1n) is 10.5. The highest BCUT2D eigenvalue weighted by Crippen LogP contribution is 2.31. The highest BCUT2D eigenvalue weighted by Gasteiger charge is 2.40. The van der Waals surface area contributed by atoms with E-state index in [2.05, 4.69) is 15.2 Å². The van der Waals surface area contributed by atoms with Gasteiger partial charge in [0.15, 0.2) is 5.78 Å². The largest absolute Gasteiger partial charge is 0.416 e. The number of piperazine rings is 1. The van der Waals surface area contributed by atoms with Crippen molar-refractivity contribution in [3.05, 3.63) is 23.9 Å². The summed E-state index contributed by atoms with van der Waals surface area (Å²) in [4.78, 5) is 33.0. The van der Waals surface area contributed by atoms with Gasteiger partial charge in [-0.3, -0.25) is 9.69 Å². The van der Waals surface area contributed by atoms with Gasteiger partial charge < -0.3 is 15.0 Å². The van der Waals surface area contributed by atoms with Crippen molar-refractivity contribution >= 4 is 11.9 Å². The number of ether oxygens (including phenoxy) is 1. The third kappa shape index (κ3) is 4.20. The standard InChI is InChI=1S/C21H30N4O3/c1-15(26)17-5-6-20(23-13-17)28-21(27)25-12-11-24(18-3-2-4-18)14-19(25)16-7-9-22-10-8-16/h5-6,13,16,18-19,22H,2-4,7-12,14H2,1H3. The lowest BCUT2D eigenvalue weighted by atomic mass is 9.85. The number of pyridine rings is 1. The predicted molar refractivity (Wildman–Crippen MR) is 106 cm³/mol. The minimum Gasteiger partial charge on any atom is -0.391 e. The minimum absolute atomic E-state index is 0.0523. The lowest BCUT2D eigenvalue weighted by Gasteiger charge is -2.49. The molecule has 0 aromatic carbocycles.